The maximum atomic E-state index is 12.0. The molecule has 19 heavy (non-hydrogen) atoms. The zero-order valence-corrected chi connectivity index (χ0v) is 11.7. The maximum absolute atomic E-state index is 12.0. The summed E-state index contributed by atoms with van der Waals surface area (Å²) < 4.78 is 9.88. The molecule has 104 valence electrons. The number of carbonyl (C=O) groups excluding carboxylic acids is 2. The number of hydrogen-bond acceptors (Lipinski definition) is 4. The van der Waals surface area contributed by atoms with Gasteiger partial charge in [0.25, 0.3) is 0 Å². The van der Waals surface area contributed by atoms with Gasteiger partial charge in [-0.2, -0.15) is 0 Å². The van der Waals surface area contributed by atoms with Crippen LogP contribution in [0.3, 0.4) is 0 Å². The normalized spacial score (nSPS) is 10.1. The molecule has 4 nitrogen and oxygen atoms in total. The van der Waals surface area contributed by atoms with Gasteiger partial charge in [-0.3, -0.25) is 0 Å². The fourth-order valence-corrected chi connectivity index (χ4v) is 1.81. The second-order valence-corrected chi connectivity index (χ2v) is 4.33. The summed E-state index contributed by atoms with van der Waals surface area (Å²) in [6.45, 7) is 4.22. The molecule has 0 heterocycles. The first-order valence-corrected chi connectivity index (χ1v) is 6.46. The summed E-state index contributed by atoms with van der Waals surface area (Å²) in [5.41, 5.74) is 1.25. The van der Waals surface area contributed by atoms with Gasteiger partial charge in [0.15, 0.2) is 0 Å². The summed E-state index contributed by atoms with van der Waals surface area (Å²) in [7, 11) is 1.30. The number of methoxy groups -OCH3 is 1. The molecule has 0 aromatic heterocycles. The largest absolute Gasteiger partial charge is 0.465 e. The molecule has 1 rings (SSSR count). The van der Waals surface area contributed by atoms with Crippen molar-refractivity contribution >= 4 is 11.9 Å². The Bertz CT molecular complexity index is 451. The molecule has 0 aliphatic heterocycles. The van der Waals surface area contributed by atoms with Gasteiger partial charge in [-0.25, -0.2) is 9.59 Å². The summed E-state index contributed by atoms with van der Waals surface area (Å²) in [5.74, 6) is -0.987. The van der Waals surface area contributed by atoms with Crippen molar-refractivity contribution in [1.29, 1.82) is 0 Å². The Balaban J connectivity index is 2.84. The van der Waals surface area contributed by atoms with Crippen LogP contribution in [0.2, 0.25) is 0 Å². The molecular formula is C15H20O4. The molecule has 0 saturated heterocycles. The smallest absolute Gasteiger partial charge is 0.339 e. The van der Waals surface area contributed by atoms with Crippen molar-refractivity contribution in [2.45, 2.75) is 33.1 Å². The SMILES string of the molecule is CCCCCOC(=O)c1cccc(C)c1C(=O)OC. The number of carbonyl (C=O) groups is 2. The molecule has 1 aromatic carbocycles. The van der Waals surface area contributed by atoms with Crippen LogP contribution < -0.4 is 0 Å². The fraction of sp³-hybridized carbons (Fsp3) is 0.467. The highest BCUT2D eigenvalue weighted by Crippen LogP contribution is 2.16. The molecule has 1 aromatic rings. The molecule has 0 fully saturated rings. The Kier molecular flexibility index (Phi) is 6.06. The number of rotatable bonds is 6. The van der Waals surface area contributed by atoms with Crippen LogP contribution in [0.15, 0.2) is 18.2 Å². The first-order valence-electron chi connectivity index (χ1n) is 6.46. The van der Waals surface area contributed by atoms with Crippen LogP contribution in [0.4, 0.5) is 0 Å². The summed E-state index contributed by atoms with van der Waals surface area (Å²) in [4.78, 5) is 23.7. The molecule has 0 radical (unpaired) electrons. The first kappa shape index (κ1) is 15.2. The van der Waals surface area contributed by atoms with Gasteiger partial charge in [0.05, 0.1) is 24.8 Å². The number of benzene rings is 1. The third kappa shape index (κ3) is 4.09. The van der Waals surface area contributed by atoms with Gasteiger partial charge in [-0.1, -0.05) is 31.9 Å². The Morgan fingerprint density at radius 3 is 2.53 bits per heavy atom. The van der Waals surface area contributed by atoms with Crippen LogP contribution in [0.1, 0.15) is 52.5 Å². The van der Waals surface area contributed by atoms with E-state index in [0.29, 0.717) is 12.2 Å². The van der Waals surface area contributed by atoms with Crippen LogP contribution in [0.5, 0.6) is 0 Å². The third-order valence-corrected chi connectivity index (χ3v) is 2.86. The molecule has 0 bridgehead atoms. The zero-order chi connectivity index (χ0) is 14.3. The van der Waals surface area contributed by atoms with E-state index >= 15 is 0 Å². The Labute approximate surface area is 113 Å². The van der Waals surface area contributed by atoms with Crippen LogP contribution in [-0.4, -0.2) is 25.7 Å². The van der Waals surface area contributed by atoms with Crippen molar-refractivity contribution in [1.82, 2.24) is 0 Å². The van der Waals surface area contributed by atoms with Crippen LogP contribution in [0, 0.1) is 6.92 Å². The second-order valence-electron chi connectivity index (χ2n) is 4.33. The maximum Gasteiger partial charge on any atom is 0.339 e. The predicted octanol–water partition coefficient (Wildman–Crippen LogP) is 3.13. The minimum absolute atomic E-state index is 0.267. The number of aryl methyl sites for hydroxylation is 1. The van der Waals surface area contributed by atoms with Crippen molar-refractivity contribution < 1.29 is 19.1 Å². The lowest BCUT2D eigenvalue weighted by Crippen LogP contribution is -2.15. The van der Waals surface area contributed by atoms with E-state index < -0.39 is 11.9 Å². The monoisotopic (exact) mass is 264 g/mol. The number of esters is 2. The van der Waals surface area contributed by atoms with Crippen molar-refractivity contribution in [3.8, 4) is 0 Å². The Hall–Kier alpha value is -1.84. The average Bonchev–Trinajstić information content (AvgIpc) is 2.42. The van der Waals surface area contributed by atoms with Crippen LogP contribution in [-0.2, 0) is 9.47 Å². The molecule has 0 atom stereocenters. The fourth-order valence-electron chi connectivity index (χ4n) is 1.81. The van der Waals surface area contributed by atoms with Gasteiger partial charge in [0.2, 0.25) is 0 Å². The molecule has 0 saturated carbocycles. The lowest BCUT2D eigenvalue weighted by atomic mass is 10.0. The quantitative estimate of drug-likeness (QED) is 0.585. The van der Waals surface area contributed by atoms with Gasteiger partial charge in [0.1, 0.15) is 0 Å². The first-order chi connectivity index (χ1) is 9.11. The zero-order valence-electron chi connectivity index (χ0n) is 11.7. The van der Waals surface area contributed by atoms with Crippen LogP contribution >= 0.6 is 0 Å². The van der Waals surface area contributed by atoms with E-state index in [1.54, 1.807) is 25.1 Å². The van der Waals surface area contributed by atoms with E-state index in [9.17, 15) is 9.59 Å². The predicted molar refractivity (Wildman–Crippen MR) is 72.3 cm³/mol. The van der Waals surface area contributed by atoms with Crippen LogP contribution in [0.25, 0.3) is 0 Å². The molecule has 4 heteroatoms. The van der Waals surface area contributed by atoms with Gasteiger partial charge >= 0.3 is 11.9 Å². The summed E-state index contributed by atoms with van der Waals surface area (Å²) in [6.07, 6.45) is 2.92. The summed E-state index contributed by atoms with van der Waals surface area (Å²) in [6, 6.07) is 5.08. The van der Waals surface area contributed by atoms with Gasteiger partial charge < -0.3 is 9.47 Å². The highest BCUT2D eigenvalue weighted by molar-refractivity contribution is 6.04. The minimum atomic E-state index is -0.515. The van der Waals surface area contributed by atoms with E-state index in [2.05, 4.69) is 6.92 Å². The molecular weight excluding hydrogens is 244 g/mol. The van der Waals surface area contributed by atoms with Crippen molar-refractivity contribution in [3.05, 3.63) is 34.9 Å². The minimum Gasteiger partial charge on any atom is -0.465 e. The Morgan fingerprint density at radius 1 is 1.16 bits per heavy atom. The van der Waals surface area contributed by atoms with E-state index in [-0.39, 0.29) is 11.1 Å². The topological polar surface area (TPSA) is 52.6 Å². The standard InChI is InChI=1S/C15H20O4/c1-4-5-6-10-19-14(16)12-9-7-8-11(2)13(12)15(17)18-3/h7-9H,4-6,10H2,1-3H3. The van der Waals surface area contributed by atoms with E-state index in [1.807, 2.05) is 0 Å². The molecule has 0 unspecified atom stereocenters. The van der Waals surface area contributed by atoms with Gasteiger partial charge in [-0.05, 0) is 25.0 Å². The lowest BCUT2D eigenvalue weighted by molar-refractivity contribution is 0.0480. The number of unbranched alkanes of at least 4 members (excludes halogenated alkanes) is 2. The molecule has 0 spiro atoms. The van der Waals surface area contributed by atoms with Crippen molar-refractivity contribution in [3.63, 3.8) is 0 Å². The Morgan fingerprint density at radius 2 is 1.89 bits per heavy atom. The van der Waals surface area contributed by atoms with Gasteiger partial charge in [-0.15, -0.1) is 0 Å². The summed E-state index contributed by atoms with van der Waals surface area (Å²) >= 11 is 0. The van der Waals surface area contributed by atoms with E-state index in [4.69, 9.17) is 9.47 Å². The van der Waals surface area contributed by atoms with Crippen molar-refractivity contribution in [2.75, 3.05) is 13.7 Å². The number of ether oxygens (including phenoxy) is 2. The average molecular weight is 264 g/mol. The van der Waals surface area contributed by atoms with E-state index in [1.165, 1.54) is 7.11 Å². The number of hydrogen-bond donors (Lipinski definition) is 0. The summed E-state index contributed by atoms with van der Waals surface area (Å²) in [5, 5.41) is 0. The highest BCUT2D eigenvalue weighted by atomic mass is 16.5. The second kappa shape index (κ2) is 7.56. The molecule has 0 aliphatic carbocycles. The highest BCUT2D eigenvalue weighted by Gasteiger charge is 2.20. The van der Waals surface area contributed by atoms with Crippen molar-refractivity contribution in [2.24, 2.45) is 0 Å². The molecule has 0 aliphatic rings. The lowest BCUT2D eigenvalue weighted by Gasteiger charge is -2.10. The van der Waals surface area contributed by atoms with Gasteiger partial charge in [0, 0.05) is 0 Å². The molecule has 0 N–H and O–H groups in total. The molecule has 0 amide bonds. The third-order valence-electron chi connectivity index (χ3n) is 2.86. The van der Waals surface area contributed by atoms with E-state index in [0.717, 1.165) is 19.3 Å².